The van der Waals surface area contributed by atoms with Crippen molar-refractivity contribution in [1.29, 1.82) is 0 Å². The van der Waals surface area contributed by atoms with Crippen molar-refractivity contribution in [2.24, 2.45) is 0 Å². The summed E-state index contributed by atoms with van der Waals surface area (Å²) in [6.07, 6.45) is 2.06. The molecule has 124 valence electrons. The fraction of sp³-hybridized carbons (Fsp3) is 0.273. The minimum absolute atomic E-state index is 0.135. The molecule has 0 aliphatic carbocycles. The summed E-state index contributed by atoms with van der Waals surface area (Å²) < 4.78 is 2.13. The zero-order chi connectivity index (χ0) is 17.2. The molecule has 3 aromatic rings. The number of hydrogen-bond acceptors (Lipinski definition) is 1. The van der Waals surface area contributed by atoms with Crippen LogP contribution in [-0.4, -0.2) is 16.3 Å². The Kier molecular flexibility index (Phi) is 4.59. The number of aliphatic hydroxyl groups excluding tert-OH is 1. The molecule has 24 heavy (non-hydrogen) atoms. The van der Waals surface area contributed by atoms with Gasteiger partial charge in [0.15, 0.2) is 0 Å². The standard InChI is InChI=1S/C22H25NO/c1-22(2,3)19-11-9-18(10-12-19)21-20(13-14-23(21)15-16-24)17-7-5-4-6-8-17/h4-14,24H,15-16H2,1-3H3. The highest BCUT2D eigenvalue weighted by Crippen LogP contribution is 2.34. The van der Waals surface area contributed by atoms with E-state index in [1.165, 1.54) is 22.3 Å². The lowest BCUT2D eigenvalue weighted by atomic mass is 9.86. The number of aliphatic hydroxyl groups is 1. The lowest BCUT2D eigenvalue weighted by Gasteiger charge is -2.19. The Bertz CT molecular complexity index is 792. The molecule has 0 saturated carbocycles. The van der Waals surface area contributed by atoms with Crippen LogP contribution < -0.4 is 0 Å². The molecule has 0 aliphatic rings. The molecule has 0 spiro atoms. The molecule has 0 amide bonds. The number of benzene rings is 2. The van der Waals surface area contributed by atoms with Gasteiger partial charge < -0.3 is 9.67 Å². The molecule has 0 unspecified atom stereocenters. The van der Waals surface area contributed by atoms with Gasteiger partial charge in [-0.2, -0.15) is 0 Å². The maximum Gasteiger partial charge on any atom is 0.0610 e. The Labute approximate surface area is 144 Å². The topological polar surface area (TPSA) is 25.2 Å². The van der Waals surface area contributed by atoms with Gasteiger partial charge >= 0.3 is 0 Å². The molecule has 2 heteroatoms. The molecule has 0 radical (unpaired) electrons. The second-order valence-electron chi connectivity index (χ2n) is 7.19. The summed E-state index contributed by atoms with van der Waals surface area (Å²) in [5.41, 5.74) is 6.22. The fourth-order valence-electron chi connectivity index (χ4n) is 3.07. The number of rotatable bonds is 4. The van der Waals surface area contributed by atoms with Crippen molar-refractivity contribution >= 4 is 0 Å². The third kappa shape index (κ3) is 3.29. The van der Waals surface area contributed by atoms with Crippen LogP contribution in [0.15, 0.2) is 66.9 Å². The first kappa shape index (κ1) is 16.5. The van der Waals surface area contributed by atoms with Crippen LogP contribution in [0.5, 0.6) is 0 Å². The van der Waals surface area contributed by atoms with Crippen LogP contribution in [0, 0.1) is 0 Å². The molecular weight excluding hydrogens is 294 g/mol. The molecule has 2 nitrogen and oxygen atoms in total. The van der Waals surface area contributed by atoms with Gasteiger partial charge in [0, 0.05) is 18.3 Å². The van der Waals surface area contributed by atoms with E-state index in [1.54, 1.807) is 0 Å². The molecule has 0 aliphatic heterocycles. The average Bonchev–Trinajstić information content (AvgIpc) is 2.99. The van der Waals surface area contributed by atoms with Gasteiger partial charge in [0.2, 0.25) is 0 Å². The molecule has 1 N–H and O–H groups in total. The first-order valence-electron chi connectivity index (χ1n) is 8.47. The van der Waals surface area contributed by atoms with Gasteiger partial charge in [-0.05, 0) is 28.2 Å². The minimum Gasteiger partial charge on any atom is -0.395 e. The maximum absolute atomic E-state index is 9.40. The highest BCUT2D eigenvalue weighted by molar-refractivity contribution is 5.81. The highest BCUT2D eigenvalue weighted by Gasteiger charge is 2.16. The quantitative estimate of drug-likeness (QED) is 0.710. The van der Waals surface area contributed by atoms with Crippen molar-refractivity contribution in [2.75, 3.05) is 6.61 Å². The largest absolute Gasteiger partial charge is 0.395 e. The molecule has 0 atom stereocenters. The zero-order valence-electron chi connectivity index (χ0n) is 14.7. The van der Waals surface area contributed by atoms with Crippen LogP contribution in [0.2, 0.25) is 0 Å². The van der Waals surface area contributed by atoms with Crippen LogP contribution >= 0.6 is 0 Å². The zero-order valence-corrected chi connectivity index (χ0v) is 14.7. The van der Waals surface area contributed by atoms with E-state index in [0.717, 1.165) is 5.69 Å². The van der Waals surface area contributed by atoms with Crippen molar-refractivity contribution in [3.05, 3.63) is 72.4 Å². The van der Waals surface area contributed by atoms with Gasteiger partial charge in [-0.15, -0.1) is 0 Å². The second-order valence-corrected chi connectivity index (χ2v) is 7.19. The van der Waals surface area contributed by atoms with E-state index in [2.05, 4.69) is 86.1 Å². The van der Waals surface area contributed by atoms with E-state index in [1.807, 2.05) is 6.07 Å². The smallest absolute Gasteiger partial charge is 0.0610 e. The van der Waals surface area contributed by atoms with Gasteiger partial charge in [-0.3, -0.25) is 0 Å². The Morgan fingerprint density at radius 3 is 2.08 bits per heavy atom. The highest BCUT2D eigenvalue weighted by atomic mass is 16.3. The van der Waals surface area contributed by atoms with Crippen LogP contribution in [0.3, 0.4) is 0 Å². The maximum atomic E-state index is 9.40. The van der Waals surface area contributed by atoms with Gasteiger partial charge in [0.1, 0.15) is 0 Å². The van der Waals surface area contributed by atoms with Crippen LogP contribution in [-0.2, 0) is 12.0 Å². The van der Waals surface area contributed by atoms with E-state index in [9.17, 15) is 5.11 Å². The van der Waals surface area contributed by atoms with E-state index in [0.29, 0.717) is 6.54 Å². The summed E-state index contributed by atoms with van der Waals surface area (Å²) in [6.45, 7) is 7.42. The molecule has 1 aromatic heterocycles. The fourth-order valence-corrected chi connectivity index (χ4v) is 3.07. The van der Waals surface area contributed by atoms with Gasteiger partial charge in [0.05, 0.1) is 12.3 Å². The predicted octanol–water partition coefficient (Wildman–Crippen LogP) is 5.11. The third-order valence-corrected chi connectivity index (χ3v) is 4.41. The van der Waals surface area contributed by atoms with Crippen LogP contribution in [0.4, 0.5) is 0 Å². The molecule has 2 aromatic carbocycles. The first-order chi connectivity index (χ1) is 11.5. The van der Waals surface area contributed by atoms with Crippen molar-refractivity contribution in [3.8, 4) is 22.4 Å². The van der Waals surface area contributed by atoms with Crippen molar-refractivity contribution in [2.45, 2.75) is 32.7 Å². The number of nitrogens with zero attached hydrogens (tertiary/aromatic N) is 1. The monoisotopic (exact) mass is 319 g/mol. The minimum atomic E-state index is 0.135. The van der Waals surface area contributed by atoms with Crippen LogP contribution in [0.25, 0.3) is 22.4 Å². The third-order valence-electron chi connectivity index (χ3n) is 4.41. The van der Waals surface area contributed by atoms with E-state index < -0.39 is 0 Å². The van der Waals surface area contributed by atoms with Crippen molar-refractivity contribution in [3.63, 3.8) is 0 Å². The molecular formula is C22H25NO. The van der Waals surface area contributed by atoms with E-state index in [-0.39, 0.29) is 12.0 Å². The van der Waals surface area contributed by atoms with Crippen molar-refractivity contribution < 1.29 is 5.11 Å². The van der Waals surface area contributed by atoms with E-state index >= 15 is 0 Å². The molecule has 3 rings (SSSR count). The van der Waals surface area contributed by atoms with Gasteiger partial charge in [-0.1, -0.05) is 75.4 Å². The predicted molar refractivity (Wildman–Crippen MR) is 101 cm³/mol. The molecule has 0 bridgehead atoms. The Balaban J connectivity index is 2.10. The Morgan fingerprint density at radius 2 is 1.50 bits per heavy atom. The Morgan fingerprint density at radius 1 is 0.833 bits per heavy atom. The normalized spacial score (nSPS) is 11.7. The van der Waals surface area contributed by atoms with Gasteiger partial charge in [0.25, 0.3) is 0 Å². The number of aromatic nitrogens is 1. The molecule has 0 saturated heterocycles. The lowest BCUT2D eigenvalue weighted by Crippen LogP contribution is -2.10. The van der Waals surface area contributed by atoms with E-state index in [4.69, 9.17) is 0 Å². The summed E-state index contributed by atoms with van der Waals surface area (Å²) in [5, 5.41) is 9.40. The van der Waals surface area contributed by atoms with Gasteiger partial charge in [-0.25, -0.2) is 0 Å². The van der Waals surface area contributed by atoms with Crippen LogP contribution in [0.1, 0.15) is 26.3 Å². The first-order valence-corrected chi connectivity index (χ1v) is 8.47. The summed E-state index contributed by atoms with van der Waals surface area (Å²) in [6, 6.07) is 21.4. The summed E-state index contributed by atoms with van der Waals surface area (Å²) >= 11 is 0. The van der Waals surface area contributed by atoms with Crippen molar-refractivity contribution in [1.82, 2.24) is 4.57 Å². The summed E-state index contributed by atoms with van der Waals surface area (Å²) in [4.78, 5) is 0. The lowest BCUT2D eigenvalue weighted by molar-refractivity contribution is 0.277. The second kappa shape index (κ2) is 6.66. The summed E-state index contributed by atoms with van der Waals surface area (Å²) in [7, 11) is 0. The summed E-state index contributed by atoms with van der Waals surface area (Å²) in [5.74, 6) is 0. The molecule has 1 heterocycles. The Hall–Kier alpha value is -2.32. The number of hydrogen-bond donors (Lipinski definition) is 1. The average molecular weight is 319 g/mol. The SMILES string of the molecule is CC(C)(C)c1ccc(-c2c(-c3ccccc3)ccn2CCO)cc1. The molecule has 0 fully saturated rings.